The van der Waals surface area contributed by atoms with E-state index in [0.717, 1.165) is 24.7 Å². The largest absolute Gasteiger partial charge is 0.368 e. The van der Waals surface area contributed by atoms with E-state index in [0.29, 0.717) is 6.04 Å². The van der Waals surface area contributed by atoms with Crippen molar-refractivity contribution >= 4 is 25.3 Å². The van der Waals surface area contributed by atoms with Crippen LogP contribution >= 0.6 is 7.60 Å². The van der Waals surface area contributed by atoms with E-state index in [9.17, 15) is 28.7 Å². The normalized spacial score (nSPS) is 18.4. The Kier molecular flexibility index (Phi) is 6.91. The van der Waals surface area contributed by atoms with Crippen molar-refractivity contribution in [3.8, 4) is 0 Å². The van der Waals surface area contributed by atoms with Gasteiger partial charge in [0.1, 0.15) is 17.9 Å². The maximum atomic E-state index is 12.5. The summed E-state index contributed by atoms with van der Waals surface area (Å²) in [5.41, 5.74) is 5.16. The third kappa shape index (κ3) is 5.86. The molecule has 11 heteroatoms. The number of carbonyl (C=O) groups excluding carboxylic acids is 3. The second-order valence-electron chi connectivity index (χ2n) is 5.99. The Morgan fingerprint density at radius 3 is 2.21 bits per heavy atom. The number of rotatable bonds is 9. The Bertz CT molecular complexity index is 547. The highest BCUT2D eigenvalue weighted by molar-refractivity contribution is 7.52. The van der Waals surface area contributed by atoms with Gasteiger partial charge in [0, 0.05) is 6.04 Å². The lowest BCUT2D eigenvalue weighted by atomic mass is 10.2. The Morgan fingerprint density at radius 2 is 1.79 bits per heavy atom. The molecule has 0 unspecified atom stereocenters. The molecule has 3 amide bonds. The van der Waals surface area contributed by atoms with Gasteiger partial charge in [-0.25, -0.2) is 0 Å². The second kappa shape index (κ2) is 8.06. The molecule has 0 bridgehead atoms. The average Bonchev–Trinajstić information content (AvgIpc) is 3.27. The molecular weight excluding hydrogens is 339 g/mol. The van der Waals surface area contributed by atoms with Gasteiger partial charge in [0.05, 0.1) is 6.54 Å². The van der Waals surface area contributed by atoms with Crippen LogP contribution in [-0.2, 0) is 18.9 Å². The lowest BCUT2D eigenvalue weighted by Crippen LogP contribution is -2.56. The van der Waals surface area contributed by atoms with Crippen LogP contribution in [0.2, 0.25) is 0 Å². The van der Waals surface area contributed by atoms with Gasteiger partial charge in [0.25, 0.3) is 0 Å². The molecule has 1 rings (SSSR count). The Hall–Kier alpha value is -1.48. The summed E-state index contributed by atoms with van der Waals surface area (Å²) in [7, 11) is -4.68. The molecule has 1 saturated carbocycles. The molecule has 138 valence electrons. The quantitative estimate of drug-likeness (QED) is 0.310. The van der Waals surface area contributed by atoms with E-state index >= 15 is 0 Å². The summed E-state index contributed by atoms with van der Waals surface area (Å²) < 4.78 is 11.5. The highest BCUT2D eigenvalue weighted by Crippen LogP contribution is 2.43. The third-order valence-corrected chi connectivity index (χ3v) is 5.07. The molecule has 0 aliphatic heterocycles. The standard InChI is InChI=1S/C13H25N4O6P/c1-7(16-11(18)6-15-10-4-5-10)13(20)17(8(2)12(14)19)9(3)24(21,22)23/h7-10,15H,4-6H2,1-3H3,(H2,14,19)(H,16,18)(H2,21,22,23)/t7-,8-,9-/m0/s1. The summed E-state index contributed by atoms with van der Waals surface area (Å²) >= 11 is 0. The van der Waals surface area contributed by atoms with Gasteiger partial charge in [-0.2, -0.15) is 0 Å². The van der Waals surface area contributed by atoms with Crippen LogP contribution in [0.1, 0.15) is 33.6 Å². The van der Waals surface area contributed by atoms with Gasteiger partial charge < -0.3 is 31.1 Å². The smallest absolute Gasteiger partial charge is 0.347 e. The van der Waals surface area contributed by atoms with Crippen molar-refractivity contribution in [2.45, 2.75) is 57.5 Å². The fourth-order valence-electron chi connectivity index (χ4n) is 2.10. The molecule has 24 heavy (non-hydrogen) atoms. The first-order valence-electron chi connectivity index (χ1n) is 7.64. The van der Waals surface area contributed by atoms with E-state index in [1.807, 2.05) is 0 Å². The molecule has 10 nitrogen and oxygen atoms in total. The second-order valence-corrected chi connectivity index (χ2v) is 7.91. The fraction of sp³-hybridized carbons (Fsp3) is 0.769. The SMILES string of the molecule is C[C@H](NC(=O)CNC1CC1)C(=O)N([C@@H](C)C(N)=O)[C@H](C)P(=O)(O)O. The van der Waals surface area contributed by atoms with Crippen LogP contribution < -0.4 is 16.4 Å². The van der Waals surface area contributed by atoms with Crippen molar-refractivity contribution in [3.05, 3.63) is 0 Å². The number of primary amides is 1. The molecule has 0 radical (unpaired) electrons. The topological polar surface area (TPSA) is 162 Å². The summed E-state index contributed by atoms with van der Waals surface area (Å²) in [6.07, 6.45) is 2.01. The minimum absolute atomic E-state index is 0.0434. The maximum absolute atomic E-state index is 12.5. The summed E-state index contributed by atoms with van der Waals surface area (Å²) in [6, 6.07) is -1.97. The molecule has 1 aliphatic carbocycles. The van der Waals surface area contributed by atoms with Crippen molar-refractivity contribution in [3.63, 3.8) is 0 Å². The molecule has 1 aliphatic rings. The number of nitrogens with zero attached hydrogens (tertiary/aromatic N) is 1. The van der Waals surface area contributed by atoms with E-state index in [1.165, 1.54) is 13.8 Å². The fourth-order valence-corrected chi connectivity index (χ4v) is 2.74. The maximum Gasteiger partial charge on any atom is 0.347 e. The van der Waals surface area contributed by atoms with Crippen LogP contribution in [0.15, 0.2) is 0 Å². The first-order valence-corrected chi connectivity index (χ1v) is 9.32. The van der Waals surface area contributed by atoms with Crippen molar-refractivity contribution in [2.75, 3.05) is 6.54 Å². The van der Waals surface area contributed by atoms with E-state index in [1.54, 1.807) is 0 Å². The molecule has 0 aromatic carbocycles. The van der Waals surface area contributed by atoms with Gasteiger partial charge in [-0.1, -0.05) is 0 Å². The highest BCUT2D eigenvalue weighted by atomic mass is 31.2. The lowest BCUT2D eigenvalue weighted by Gasteiger charge is -2.35. The number of hydrogen-bond acceptors (Lipinski definition) is 5. The van der Waals surface area contributed by atoms with Crippen molar-refractivity contribution < 1.29 is 28.7 Å². The van der Waals surface area contributed by atoms with E-state index in [4.69, 9.17) is 5.73 Å². The molecule has 6 N–H and O–H groups in total. The average molecular weight is 364 g/mol. The van der Waals surface area contributed by atoms with Gasteiger partial charge in [-0.05, 0) is 33.6 Å². The van der Waals surface area contributed by atoms with Crippen LogP contribution in [0.4, 0.5) is 0 Å². The first kappa shape index (κ1) is 20.6. The zero-order valence-electron chi connectivity index (χ0n) is 13.9. The summed E-state index contributed by atoms with van der Waals surface area (Å²) in [6.45, 7) is 3.82. The minimum Gasteiger partial charge on any atom is -0.368 e. The number of carbonyl (C=O) groups is 3. The van der Waals surface area contributed by atoms with Crippen molar-refractivity contribution in [1.82, 2.24) is 15.5 Å². The minimum atomic E-state index is -4.68. The Morgan fingerprint density at radius 1 is 1.25 bits per heavy atom. The molecule has 0 aromatic heterocycles. The van der Waals surface area contributed by atoms with Gasteiger partial charge in [0.15, 0.2) is 0 Å². The molecule has 0 saturated heterocycles. The molecular formula is C13H25N4O6P. The number of nitrogens with one attached hydrogen (secondary N) is 2. The monoisotopic (exact) mass is 364 g/mol. The van der Waals surface area contributed by atoms with E-state index in [-0.39, 0.29) is 6.54 Å². The zero-order valence-corrected chi connectivity index (χ0v) is 14.8. The third-order valence-electron chi connectivity index (χ3n) is 3.85. The molecule has 3 atom stereocenters. The highest BCUT2D eigenvalue weighted by Gasteiger charge is 2.40. The van der Waals surface area contributed by atoms with Gasteiger partial charge in [-0.15, -0.1) is 0 Å². The van der Waals surface area contributed by atoms with Gasteiger partial charge >= 0.3 is 7.60 Å². The summed E-state index contributed by atoms with van der Waals surface area (Å²) in [5.74, 6) is -3.66. The Balaban J connectivity index is 2.79. The number of nitrogens with two attached hydrogens (primary N) is 1. The molecule has 0 aromatic rings. The van der Waals surface area contributed by atoms with Gasteiger partial charge in [0.2, 0.25) is 17.7 Å². The van der Waals surface area contributed by atoms with Crippen LogP contribution in [0, 0.1) is 0 Å². The summed E-state index contributed by atoms with van der Waals surface area (Å²) in [4.78, 5) is 55.0. The lowest BCUT2D eigenvalue weighted by molar-refractivity contribution is -0.142. The first-order chi connectivity index (χ1) is 10.9. The van der Waals surface area contributed by atoms with Crippen LogP contribution in [-0.4, -0.2) is 62.9 Å². The predicted octanol–water partition coefficient (Wildman–Crippen LogP) is -1.53. The zero-order chi connectivity index (χ0) is 18.7. The Labute approximate surface area is 140 Å². The molecule has 1 fully saturated rings. The van der Waals surface area contributed by atoms with E-state index in [2.05, 4.69) is 10.6 Å². The molecule has 0 heterocycles. The van der Waals surface area contributed by atoms with Crippen molar-refractivity contribution in [2.24, 2.45) is 5.73 Å². The van der Waals surface area contributed by atoms with Crippen LogP contribution in [0.25, 0.3) is 0 Å². The van der Waals surface area contributed by atoms with Crippen molar-refractivity contribution in [1.29, 1.82) is 0 Å². The van der Waals surface area contributed by atoms with Gasteiger partial charge in [-0.3, -0.25) is 18.9 Å². The van der Waals surface area contributed by atoms with Crippen LogP contribution in [0.3, 0.4) is 0 Å². The number of hydrogen-bond donors (Lipinski definition) is 5. The van der Waals surface area contributed by atoms with E-state index < -0.39 is 43.2 Å². The molecule has 0 spiro atoms. The number of amides is 3. The van der Waals surface area contributed by atoms with Crippen LogP contribution in [0.5, 0.6) is 0 Å². The summed E-state index contributed by atoms with van der Waals surface area (Å²) in [5, 5.41) is 5.43. The predicted molar refractivity (Wildman–Crippen MR) is 85.6 cm³/mol.